The number of hydrogen-bond donors (Lipinski definition) is 1. The van der Waals surface area contributed by atoms with E-state index in [2.05, 4.69) is 5.32 Å². The molecule has 2 bridgehead atoms. The van der Waals surface area contributed by atoms with Crippen LogP contribution in [0.1, 0.15) is 35.2 Å². The van der Waals surface area contributed by atoms with Gasteiger partial charge in [0.2, 0.25) is 5.91 Å². The summed E-state index contributed by atoms with van der Waals surface area (Å²) in [6.45, 7) is 2.83. The second-order valence-corrected chi connectivity index (χ2v) is 6.92. The van der Waals surface area contributed by atoms with Gasteiger partial charge < -0.3 is 10.2 Å². The molecule has 0 spiro atoms. The molecule has 1 aromatic carbocycles. The van der Waals surface area contributed by atoms with Crippen LogP contribution >= 0.6 is 23.2 Å². The van der Waals surface area contributed by atoms with Crippen molar-refractivity contribution in [1.29, 1.82) is 0 Å². The summed E-state index contributed by atoms with van der Waals surface area (Å²) >= 11 is 12.3. The number of hydrogen-bond acceptors (Lipinski definition) is 2. The van der Waals surface area contributed by atoms with Gasteiger partial charge in [-0.1, -0.05) is 29.6 Å². The molecule has 0 saturated carbocycles. The van der Waals surface area contributed by atoms with Crippen molar-refractivity contribution in [2.24, 2.45) is 5.92 Å². The van der Waals surface area contributed by atoms with Crippen LogP contribution in [-0.4, -0.2) is 35.8 Å². The topological polar surface area (TPSA) is 49.4 Å². The Balaban J connectivity index is 1.87. The lowest BCUT2D eigenvalue weighted by atomic mass is 9.98. The van der Waals surface area contributed by atoms with Crippen molar-refractivity contribution in [3.05, 3.63) is 33.3 Å². The number of nitrogens with zero attached hydrogens (tertiary/aromatic N) is 1. The summed E-state index contributed by atoms with van der Waals surface area (Å²) in [6.07, 6.45) is 2.78. The zero-order valence-electron chi connectivity index (χ0n) is 12.4. The first-order chi connectivity index (χ1) is 10.5. The number of carbonyl (C=O) groups excluding carboxylic acids is 2. The summed E-state index contributed by atoms with van der Waals surface area (Å²) in [6, 6.07) is 3.35. The van der Waals surface area contributed by atoms with Gasteiger partial charge >= 0.3 is 0 Å². The summed E-state index contributed by atoms with van der Waals surface area (Å²) in [4.78, 5) is 26.6. The Morgan fingerprint density at radius 1 is 1.23 bits per heavy atom. The summed E-state index contributed by atoms with van der Waals surface area (Å²) in [7, 11) is 0. The predicted octanol–water partition coefficient (Wildman–Crippen LogP) is 3.04. The molecule has 2 atom stereocenters. The summed E-state index contributed by atoms with van der Waals surface area (Å²) < 4.78 is 0. The molecule has 118 valence electrons. The Labute approximate surface area is 139 Å². The van der Waals surface area contributed by atoms with E-state index in [1.54, 1.807) is 17.0 Å². The van der Waals surface area contributed by atoms with E-state index in [0.717, 1.165) is 24.8 Å². The highest BCUT2D eigenvalue weighted by Gasteiger charge is 2.34. The van der Waals surface area contributed by atoms with Crippen LogP contribution in [-0.2, 0) is 4.79 Å². The number of fused-ring (bicyclic) bond motifs is 3. The first kappa shape index (κ1) is 15.6. The number of benzene rings is 1. The van der Waals surface area contributed by atoms with E-state index in [9.17, 15) is 9.59 Å². The van der Waals surface area contributed by atoms with Crippen molar-refractivity contribution in [1.82, 2.24) is 10.2 Å². The van der Waals surface area contributed by atoms with Gasteiger partial charge in [0.05, 0.1) is 5.92 Å². The highest BCUT2D eigenvalue weighted by Crippen LogP contribution is 2.28. The highest BCUT2D eigenvalue weighted by atomic mass is 35.5. The summed E-state index contributed by atoms with van der Waals surface area (Å²) in [5.74, 6) is -0.164. The van der Waals surface area contributed by atoms with Crippen LogP contribution in [0.3, 0.4) is 0 Å². The number of rotatable bonds is 1. The third-order valence-corrected chi connectivity index (χ3v) is 5.30. The molecule has 1 N–H and O–H groups in total. The van der Waals surface area contributed by atoms with E-state index >= 15 is 0 Å². The van der Waals surface area contributed by atoms with Crippen molar-refractivity contribution in [2.75, 3.05) is 13.1 Å². The maximum absolute atomic E-state index is 12.8. The van der Waals surface area contributed by atoms with E-state index in [0.29, 0.717) is 28.7 Å². The number of amides is 2. The largest absolute Gasteiger partial charge is 0.351 e. The van der Waals surface area contributed by atoms with Gasteiger partial charge in [-0.3, -0.25) is 9.59 Å². The smallest absolute Gasteiger partial charge is 0.254 e. The van der Waals surface area contributed by atoms with Crippen molar-refractivity contribution in [3.8, 4) is 0 Å². The molecule has 0 aliphatic carbocycles. The van der Waals surface area contributed by atoms with E-state index < -0.39 is 0 Å². The lowest BCUT2D eigenvalue weighted by Crippen LogP contribution is -2.41. The zero-order valence-corrected chi connectivity index (χ0v) is 13.9. The third-order valence-electron chi connectivity index (χ3n) is 4.52. The van der Waals surface area contributed by atoms with Crippen LogP contribution < -0.4 is 5.32 Å². The van der Waals surface area contributed by atoms with Crippen molar-refractivity contribution in [3.63, 3.8) is 0 Å². The number of carbonyl (C=O) groups is 2. The average Bonchev–Trinajstić information content (AvgIpc) is 2.71. The molecule has 3 rings (SSSR count). The first-order valence-corrected chi connectivity index (χ1v) is 8.26. The molecule has 2 fully saturated rings. The molecular weight excluding hydrogens is 323 g/mol. The van der Waals surface area contributed by atoms with Crippen molar-refractivity contribution < 1.29 is 9.59 Å². The Morgan fingerprint density at radius 2 is 1.91 bits per heavy atom. The number of likely N-dealkylation sites (tertiary alicyclic amines) is 1. The molecular formula is C16H18Cl2N2O2. The number of nitrogens with one attached hydrogen (secondary N) is 1. The van der Waals surface area contributed by atoms with E-state index in [1.807, 2.05) is 6.92 Å². The normalized spacial score (nSPS) is 24.7. The zero-order chi connectivity index (χ0) is 15.9. The minimum atomic E-state index is -0.118. The maximum atomic E-state index is 12.8. The van der Waals surface area contributed by atoms with Gasteiger partial charge in [0, 0.05) is 34.7 Å². The summed E-state index contributed by atoms with van der Waals surface area (Å²) in [5.41, 5.74) is 1.25. The standard InChI is InChI=1S/C16H18Cl2N2O2/c1-9-13(17)5-11(6-14(9)18)16(22)20-7-10-3-2-4-12(8-20)19-15(10)21/h5-6,10,12H,2-4,7-8H2,1H3,(H,19,21)/t10-,12-/m1/s1. The van der Waals surface area contributed by atoms with Gasteiger partial charge in [0.1, 0.15) is 0 Å². The Hall–Kier alpha value is -1.26. The molecule has 2 heterocycles. The molecule has 0 unspecified atom stereocenters. The van der Waals surface area contributed by atoms with Gasteiger partial charge in [0.25, 0.3) is 5.91 Å². The van der Waals surface area contributed by atoms with Crippen LogP contribution in [0.2, 0.25) is 10.0 Å². The van der Waals surface area contributed by atoms with Crippen LogP contribution in [0.15, 0.2) is 12.1 Å². The molecule has 0 aromatic heterocycles. The molecule has 4 nitrogen and oxygen atoms in total. The molecule has 2 aliphatic heterocycles. The molecule has 0 radical (unpaired) electrons. The van der Waals surface area contributed by atoms with Crippen molar-refractivity contribution >= 4 is 35.0 Å². The second-order valence-electron chi connectivity index (χ2n) is 6.11. The van der Waals surface area contributed by atoms with Gasteiger partial charge in [-0.15, -0.1) is 0 Å². The van der Waals surface area contributed by atoms with Crippen molar-refractivity contribution in [2.45, 2.75) is 32.2 Å². The molecule has 22 heavy (non-hydrogen) atoms. The van der Waals surface area contributed by atoms with E-state index in [-0.39, 0.29) is 23.8 Å². The molecule has 2 aliphatic rings. The van der Waals surface area contributed by atoms with E-state index in [1.165, 1.54) is 0 Å². The minimum absolute atomic E-state index is 0.0420. The molecule has 6 heteroatoms. The van der Waals surface area contributed by atoms with Gasteiger partial charge in [-0.05, 0) is 37.5 Å². The Bertz CT molecular complexity index is 610. The first-order valence-electron chi connectivity index (χ1n) is 7.51. The Morgan fingerprint density at radius 3 is 2.59 bits per heavy atom. The van der Waals surface area contributed by atoms with Gasteiger partial charge in [-0.2, -0.15) is 0 Å². The van der Waals surface area contributed by atoms with Crippen LogP contribution in [0, 0.1) is 12.8 Å². The fourth-order valence-corrected chi connectivity index (χ4v) is 3.65. The monoisotopic (exact) mass is 340 g/mol. The van der Waals surface area contributed by atoms with E-state index in [4.69, 9.17) is 23.2 Å². The maximum Gasteiger partial charge on any atom is 0.254 e. The third kappa shape index (κ3) is 2.95. The van der Waals surface area contributed by atoms with Crippen LogP contribution in [0.5, 0.6) is 0 Å². The minimum Gasteiger partial charge on any atom is -0.351 e. The number of halogens is 2. The molecule has 1 aromatic rings. The highest BCUT2D eigenvalue weighted by molar-refractivity contribution is 6.36. The fourth-order valence-electron chi connectivity index (χ4n) is 3.17. The van der Waals surface area contributed by atoms with Crippen LogP contribution in [0.4, 0.5) is 0 Å². The molecule has 2 amide bonds. The Kier molecular flexibility index (Phi) is 4.33. The SMILES string of the molecule is Cc1c(Cl)cc(C(=O)N2C[C@H]3CCC[C@H](C2)C(=O)N3)cc1Cl. The lowest BCUT2D eigenvalue weighted by molar-refractivity contribution is -0.124. The second kappa shape index (κ2) is 6.09. The fraction of sp³-hybridized carbons (Fsp3) is 0.500. The van der Waals surface area contributed by atoms with Crippen LogP contribution in [0.25, 0.3) is 0 Å². The average molecular weight is 341 g/mol. The molecule has 2 saturated heterocycles. The summed E-state index contributed by atoms with van der Waals surface area (Å²) in [5, 5.41) is 4.00. The lowest BCUT2D eigenvalue weighted by Gasteiger charge is -2.27. The predicted molar refractivity (Wildman–Crippen MR) is 86.4 cm³/mol. The quantitative estimate of drug-likeness (QED) is 0.854. The van der Waals surface area contributed by atoms with Gasteiger partial charge in [0.15, 0.2) is 0 Å². The van der Waals surface area contributed by atoms with Gasteiger partial charge in [-0.25, -0.2) is 0 Å².